The van der Waals surface area contributed by atoms with Crippen LogP contribution in [0, 0.1) is 6.92 Å². The maximum Gasteiger partial charge on any atom is 0.254 e. The summed E-state index contributed by atoms with van der Waals surface area (Å²) in [4.78, 5) is 40.6. The molecule has 0 aliphatic carbocycles. The third-order valence-electron chi connectivity index (χ3n) is 6.80. The highest BCUT2D eigenvalue weighted by Crippen LogP contribution is 2.28. The predicted octanol–water partition coefficient (Wildman–Crippen LogP) is 4.13. The summed E-state index contributed by atoms with van der Waals surface area (Å²) in [6.45, 7) is 6.23. The number of unbranched alkanes of at least 4 members (excludes halogenated alkanes) is 3. The number of aromatic amines is 1. The van der Waals surface area contributed by atoms with Crippen LogP contribution >= 0.6 is 0 Å². The van der Waals surface area contributed by atoms with E-state index >= 15 is 0 Å². The summed E-state index contributed by atoms with van der Waals surface area (Å²) >= 11 is 0. The Morgan fingerprint density at radius 3 is 2.61 bits per heavy atom. The van der Waals surface area contributed by atoms with Gasteiger partial charge in [0.2, 0.25) is 0 Å². The molecule has 0 spiro atoms. The van der Waals surface area contributed by atoms with Crippen molar-refractivity contribution < 1.29 is 14.4 Å². The van der Waals surface area contributed by atoms with Gasteiger partial charge < -0.3 is 15.5 Å². The van der Waals surface area contributed by atoms with Crippen LogP contribution < -0.4 is 10.6 Å². The first-order valence-corrected chi connectivity index (χ1v) is 12.8. The minimum absolute atomic E-state index is 0.00806. The number of amides is 2. The zero-order chi connectivity index (χ0) is 25.7. The minimum Gasteiger partial charge on any atom is -0.351 e. The van der Waals surface area contributed by atoms with Crippen LogP contribution in [-0.2, 0) is 13.1 Å². The molecule has 0 bridgehead atoms. The number of fused-ring (bicyclic) bond motifs is 2. The van der Waals surface area contributed by atoms with Crippen LogP contribution in [0.5, 0.6) is 0 Å². The molecule has 1 aliphatic heterocycles. The highest BCUT2D eigenvalue weighted by Gasteiger charge is 2.27. The molecule has 1 aliphatic rings. The molecular formula is C28H35N5O3. The second kappa shape index (κ2) is 11.5. The van der Waals surface area contributed by atoms with Gasteiger partial charge in [-0.05, 0) is 61.3 Å². The molecule has 1 aromatic heterocycles. The quantitative estimate of drug-likeness (QED) is 0.277. The maximum atomic E-state index is 13.5. The highest BCUT2D eigenvalue weighted by atomic mass is 16.2. The van der Waals surface area contributed by atoms with Gasteiger partial charge >= 0.3 is 0 Å². The number of nitrogens with zero attached hydrogens (tertiary/aromatic N) is 2. The number of nitrogens with one attached hydrogen (secondary N) is 3. The Labute approximate surface area is 211 Å². The monoisotopic (exact) mass is 489 g/mol. The summed E-state index contributed by atoms with van der Waals surface area (Å²) in [7, 11) is 1.84. The van der Waals surface area contributed by atoms with Crippen LogP contribution in [0.3, 0.4) is 0 Å². The number of benzene rings is 2. The van der Waals surface area contributed by atoms with Crippen molar-refractivity contribution >= 4 is 28.5 Å². The predicted molar refractivity (Wildman–Crippen MR) is 140 cm³/mol. The number of H-pyrrole nitrogens is 1. The van der Waals surface area contributed by atoms with Gasteiger partial charge in [-0.15, -0.1) is 0 Å². The van der Waals surface area contributed by atoms with Gasteiger partial charge in [-0.3, -0.25) is 19.5 Å². The molecule has 0 saturated carbocycles. The Kier molecular flexibility index (Phi) is 8.15. The molecule has 190 valence electrons. The van der Waals surface area contributed by atoms with Crippen molar-refractivity contribution in [2.45, 2.75) is 59.0 Å². The van der Waals surface area contributed by atoms with Crippen LogP contribution in [0.1, 0.15) is 86.9 Å². The molecule has 8 heteroatoms. The number of carbonyl (C=O) groups is 3. The van der Waals surface area contributed by atoms with Crippen LogP contribution in [-0.4, -0.2) is 52.8 Å². The third-order valence-corrected chi connectivity index (χ3v) is 6.80. The number of hydrogen-bond acceptors (Lipinski definition) is 5. The lowest BCUT2D eigenvalue weighted by atomic mass is 10.0. The second-order valence-corrected chi connectivity index (χ2v) is 9.52. The maximum absolute atomic E-state index is 13.5. The van der Waals surface area contributed by atoms with E-state index in [9.17, 15) is 14.4 Å². The van der Waals surface area contributed by atoms with E-state index in [1.807, 2.05) is 38.2 Å². The molecular weight excluding hydrogens is 454 g/mol. The first kappa shape index (κ1) is 25.6. The zero-order valence-corrected chi connectivity index (χ0v) is 21.4. The van der Waals surface area contributed by atoms with Crippen molar-refractivity contribution in [1.29, 1.82) is 0 Å². The van der Waals surface area contributed by atoms with E-state index in [2.05, 4.69) is 27.8 Å². The summed E-state index contributed by atoms with van der Waals surface area (Å²) in [5.41, 5.74) is 5.20. The number of carbonyl (C=O) groups excluding carboxylic acids is 3. The smallest absolute Gasteiger partial charge is 0.254 e. The zero-order valence-electron chi connectivity index (χ0n) is 21.4. The summed E-state index contributed by atoms with van der Waals surface area (Å²) in [6.07, 6.45) is 4.58. The Hall–Kier alpha value is -3.52. The van der Waals surface area contributed by atoms with E-state index in [0.717, 1.165) is 47.9 Å². The molecule has 2 amide bonds. The summed E-state index contributed by atoms with van der Waals surface area (Å²) in [5.74, 6) is -0.201. The number of hydrogen-bond donors (Lipinski definition) is 3. The van der Waals surface area contributed by atoms with Gasteiger partial charge in [0.15, 0.2) is 5.78 Å². The Morgan fingerprint density at radius 1 is 1.03 bits per heavy atom. The van der Waals surface area contributed by atoms with Crippen LogP contribution in [0.25, 0.3) is 10.9 Å². The van der Waals surface area contributed by atoms with Crippen molar-refractivity contribution in [2.24, 2.45) is 0 Å². The number of Topliss-reactive ketones (excluding diaryl/α,β-unsaturated/α-hetero) is 1. The third kappa shape index (κ3) is 5.49. The van der Waals surface area contributed by atoms with E-state index < -0.39 is 0 Å². The molecule has 0 atom stereocenters. The molecule has 3 N–H and O–H groups in total. The van der Waals surface area contributed by atoms with Gasteiger partial charge in [0.25, 0.3) is 11.8 Å². The van der Waals surface area contributed by atoms with Gasteiger partial charge in [0, 0.05) is 49.1 Å². The van der Waals surface area contributed by atoms with Gasteiger partial charge in [-0.25, -0.2) is 0 Å². The van der Waals surface area contributed by atoms with Crippen LogP contribution in [0.4, 0.5) is 0 Å². The number of ketones is 1. The Morgan fingerprint density at radius 2 is 1.83 bits per heavy atom. The van der Waals surface area contributed by atoms with E-state index in [-0.39, 0.29) is 17.6 Å². The molecule has 8 nitrogen and oxygen atoms in total. The van der Waals surface area contributed by atoms with Crippen molar-refractivity contribution in [1.82, 2.24) is 25.7 Å². The molecule has 2 heterocycles. The molecule has 0 saturated heterocycles. The van der Waals surface area contributed by atoms with Gasteiger partial charge in [0.05, 0.1) is 5.52 Å². The Bertz CT molecular complexity index is 1280. The number of rotatable bonds is 11. The Balaban J connectivity index is 1.50. The summed E-state index contributed by atoms with van der Waals surface area (Å²) in [6, 6.07) is 9.30. The topological polar surface area (TPSA) is 107 Å². The van der Waals surface area contributed by atoms with Gasteiger partial charge in [0.1, 0.15) is 5.69 Å². The van der Waals surface area contributed by atoms with E-state index in [0.29, 0.717) is 54.8 Å². The second-order valence-electron chi connectivity index (χ2n) is 9.52. The van der Waals surface area contributed by atoms with E-state index in [4.69, 9.17) is 0 Å². The lowest BCUT2D eigenvalue weighted by Crippen LogP contribution is -2.30. The fraction of sp³-hybridized carbons (Fsp3) is 0.429. The van der Waals surface area contributed by atoms with Gasteiger partial charge in [-0.2, -0.15) is 5.10 Å². The average molecular weight is 490 g/mol. The average Bonchev–Trinajstić information content (AvgIpc) is 3.49. The lowest BCUT2D eigenvalue weighted by molar-refractivity contribution is 0.0750. The fourth-order valence-corrected chi connectivity index (χ4v) is 4.70. The number of aryl methyl sites for hydroxylation is 1. The normalized spacial score (nSPS) is 12.7. The molecule has 0 unspecified atom stereocenters. The van der Waals surface area contributed by atoms with Crippen molar-refractivity contribution in [2.75, 3.05) is 20.1 Å². The van der Waals surface area contributed by atoms with Crippen molar-refractivity contribution in [3.8, 4) is 0 Å². The van der Waals surface area contributed by atoms with Gasteiger partial charge in [-0.1, -0.05) is 32.3 Å². The molecule has 4 rings (SSSR count). The lowest BCUT2D eigenvalue weighted by Gasteiger charge is -2.17. The molecule has 2 aromatic carbocycles. The number of likely N-dealkylation sites (N-methyl/N-ethyl adjacent to an activating group) is 1. The fourth-order valence-electron chi connectivity index (χ4n) is 4.70. The highest BCUT2D eigenvalue weighted by molar-refractivity contribution is 6.08. The minimum atomic E-state index is -0.119. The van der Waals surface area contributed by atoms with E-state index in [1.165, 1.54) is 0 Å². The van der Waals surface area contributed by atoms with Crippen molar-refractivity contribution in [3.05, 3.63) is 63.8 Å². The molecule has 3 aromatic rings. The van der Waals surface area contributed by atoms with E-state index in [1.54, 1.807) is 11.0 Å². The van der Waals surface area contributed by atoms with Crippen LogP contribution in [0.2, 0.25) is 0 Å². The first-order valence-electron chi connectivity index (χ1n) is 12.8. The largest absolute Gasteiger partial charge is 0.351 e. The summed E-state index contributed by atoms with van der Waals surface area (Å²) < 4.78 is 0. The standard InChI is InChI=1S/C28H35N5O3/c1-4-5-6-7-8-25(34)26-23-15-22(18(2)13-24(23)31-32-26)28(36)33-16-20-10-9-19(14-21(20)17-33)27(35)30-12-11-29-3/h9-10,13-15,29H,4-8,11-12,16-17H2,1-3H3,(H,30,35)(H,31,32). The first-order chi connectivity index (χ1) is 17.4. The number of aromatic nitrogens is 2. The molecule has 0 fully saturated rings. The molecule has 0 radical (unpaired) electrons. The van der Waals surface area contributed by atoms with Crippen LogP contribution in [0.15, 0.2) is 30.3 Å². The summed E-state index contributed by atoms with van der Waals surface area (Å²) in [5, 5.41) is 13.8. The SMILES string of the molecule is CCCCCCC(=O)c1n[nH]c2cc(C)c(C(=O)N3Cc4ccc(C(=O)NCCNC)cc4C3)cc12. The van der Waals surface area contributed by atoms with Crippen molar-refractivity contribution in [3.63, 3.8) is 0 Å². The molecule has 36 heavy (non-hydrogen) atoms.